The molecule has 140 valence electrons. The molecule has 0 radical (unpaired) electrons. The molecule has 2 rings (SSSR count). The zero-order chi connectivity index (χ0) is 18.6. The van der Waals surface area contributed by atoms with E-state index in [0.29, 0.717) is 19.8 Å². The van der Waals surface area contributed by atoms with Gasteiger partial charge in [0.1, 0.15) is 24.7 Å². The fourth-order valence-corrected chi connectivity index (χ4v) is 2.39. The van der Waals surface area contributed by atoms with E-state index in [1.807, 2.05) is 61.5 Å². The predicted octanol–water partition coefficient (Wildman–Crippen LogP) is 3.40. The summed E-state index contributed by atoms with van der Waals surface area (Å²) < 4.78 is 22.4. The third-order valence-electron chi connectivity index (χ3n) is 3.97. The quantitative estimate of drug-likeness (QED) is 0.430. The van der Waals surface area contributed by atoms with E-state index in [2.05, 4.69) is 0 Å². The van der Waals surface area contributed by atoms with Crippen LogP contribution in [0.5, 0.6) is 5.75 Å². The zero-order valence-corrected chi connectivity index (χ0v) is 15.3. The van der Waals surface area contributed by atoms with E-state index in [0.717, 1.165) is 23.2 Å². The number of methoxy groups -OCH3 is 1. The van der Waals surface area contributed by atoms with Crippen molar-refractivity contribution in [3.63, 3.8) is 0 Å². The van der Waals surface area contributed by atoms with Crippen molar-refractivity contribution in [2.24, 2.45) is 0 Å². The lowest BCUT2D eigenvalue weighted by Gasteiger charge is -2.24. The van der Waals surface area contributed by atoms with Crippen LogP contribution in [-0.4, -0.2) is 38.8 Å². The van der Waals surface area contributed by atoms with E-state index in [9.17, 15) is 4.79 Å². The molecule has 5 nitrogen and oxygen atoms in total. The maximum absolute atomic E-state index is 10.5. The van der Waals surface area contributed by atoms with Crippen molar-refractivity contribution in [2.75, 3.05) is 20.3 Å². The Labute approximate surface area is 154 Å². The third-order valence-corrected chi connectivity index (χ3v) is 3.97. The van der Waals surface area contributed by atoms with Crippen LogP contribution >= 0.6 is 0 Å². The van der Waals surface area contributed by atoms with Gasteiger partial charge in [-0.15, -0.1) is 0 Å². The molecule has 0 aliphatic heterocycles. The van der Waals surface area contributed by atoms with Gasteiger partial charge in [0, 0.05) is 0 Å². The monoisotopic (exact) mass is 358 g/mol. The van der Waals surface area contributed by atoms with Gasteiger partial charge in [-0.05, 0) is 30.2 Å². The van der Waals surface area contributed by atoms with E-state index in [1.54, 1.807) is 7.11 Å². The molecular formula is C21H26O5. The average molecular weight is 358 g/mol. The van der Waals surface area contributed by atoms with Gasteiger partial charge in [-0.25, -0.2) is 0 Å². The number of aldehydes is 1. The number of rotatable bonds is 12. The zero-order valence-electron chi connectivity index (χ0n) is 15.3. The second kappa shape index (κ2) is 11.4. The summed E-state index contributed by atoms with van der Waals surface area (Å²) in [4.78, 5) is 10.5. The van der Waals surface area contributed by atoms with Gasteiger partial charge < -0.3 is 23.7 Å². The number of ether oxygens (including phenoxy) is 4. The van der Waals surface area contributed by atoms with Crippen LogP contribution in [0.3, 0.4) is 0 Å². The van der Waals surface area contributed by atoms with E-state index in [1.165, 1.54) is 0 Å². The molecular weight excluding hydrogens is 332 g/mol. The largest absolute Gasteiger partial charge is 0.497 e. The number of carbonyl (C=O) groups excluding carboxylic acids is 1. The third kappa shape index (κ3) is 6.96. The average Bonchev–Trinajstić information content (AvgIpc) is 2.70. The van der Waals surface area contributed by atoms with Crippen LogP contribution in [0, 0.1) is 0 Å². The molecule has 5 heteroatoms. The molecule has 26 heavy (non-hydrogen) atoms. The Balaban J connectivity index is 1.87. The van der Waals surface area contributed by atoms with Crippen molar-refractivity contribution in [1.82, 2.24) is 0 Å². The van der Waals surface area contributed by atoms with Gasteiger partial charge in [0.25, 0.3) is 0 Å². The lowest BCUT2D eigenvalue weighted by Crippen LogP contribution is -2.33. The maximum atomic E-state index is 10.5. The van der Waals surface area contributed by atoms with Crippen molar-refractivity contribution < 1.29 is 23.7 Å². The Bertz CT molecular complexity index is 627. The lowest BCUT2D eigenvalue weighted by atomic mass is 10.2. The molecule has 2 aromatic carbocycles. The molecule has 1 unspecified atom stereocenters. The predicted molar refractivity (Wildman–Crippen MR) is 99.1 cm³/mol. The summed E-state index contributed by atoms with van der Waals surface area (Å²) in [6, 6.07) is 17.7. The summed E-state index contributed by atoms with van der Waals surface area (Å²) in [6.07, 6.45) is 0.276. The Morgan fingerprint density at radius 3 is 2.23 bits per heavy atom. The van der Waals surface area contributed by atoms with Gasteiger partial charge in [-0.1, -0.05) is 42.5 Å². The van der Waals surface area contributed by atoms with Crippen LogP contribution in [0.4, 0.5) is 0 Å². The summed E-state index contributed by atoms with van der Waals surface area (Å²) in [7, 11) is 1.64. The van der Waals surface area contributed by atoms with Crippen LogP contribution in [-0.2, 0) is 32.2 Å². The maximum Gasteiger partial charge on any atom is 0.145 e. The van der Waals surface area contributed by atoms with Crippen LogP contribution in [0.15, 0.2) is 54.6 Å². The molecule has 0 saturated carbocycles. The summed E-state index contributed by atoms with van der Waals surface area (Å²) >= 11 is 0. The number of benzene rings is 2. The molecule has 0 saturated heterocycles. The molecule has 0 N–H and O–H groups in total. The molecule has 2 atom stereocenters. The van der Waals surface area contributed by atoms with E-state index in [4.69, 9.17) is 18.9 Å². The number of hydrogen-bond acceptors (Lipinski definition) is 5. The highest BCUT2D eigenvalue weighted by Gasteiger charge is 2.19. The molecule has 0 aliphatic carbocycles. The first-order chi connectivity index (χ1) is 12.7. The molecule has 0 amide bonds. The summed E-state index contributed by atoms with van der Waals surface area (Å²) in [6.45, 7) is 3.23. The Morgan fingerprint density at radius 2 is 1.58 bits per heavy atom. The Hall–Kier alpha value is -2.21. The van der Waals surface area contributed by atoms with Gasteiger partial charge in [0.05, 0.1) is 33.0 Å². The second-order valence-electron chi connectivity index (χ2n) is 5.90. The number of carbonyl (C=O) groups is 1. The van der Waals surface area contributed by atoms with Gasteiger partial charge in [0.15, 0.2) is 0 Å². The van der Waals surface area contributed by atoms with E-state index in [-0.39, 0.29) is 18.8 Å². The SMILES string of the molecule is COc1ccc(COC(C)[C@@H](COCC=O)OCc2ccccc2)cc1. The topological polar surface area (TPSA) is 54.0 Å². The van der Waals surface area contributed by atoms with Crippen molar-refractivity contribution in [3.8, 4) is 5.75 Å². The van der Waals surface area contributed by atoms with Crippen molar-refractivity contribution in [2.45, 2.75) is 32.3 Å². The molecule has 0 heterocycles. The molecule has 2 aromatic rings. The second-order valence-corrected chi connectivity index (χ2v) is 5.90. The molecule has 0 aromatic heterocycles. The van der Waals surface area contributed by atoms with E-state index < -0.39 is 0 Å². The van der Waals surface area contributed by atoms with Crippen LogP contribution in [0.1, 0.15) is 18.1 Å². The highest BCUT2D eigenvalue weighted by molar-refractivity contribution is 5.50. The van der Waals surface area contributed by atoms with Crippen LogP contribution in [0.25, 0.3) is 0 Å². The molecule has 0 aliphatic rings. The molecule has 0 bridgehead atoms. The van der Waals surface area contributed by atoms with Gasteiger partial charge in [-0.2, -0.15) is 0 Å². The van der Waals surface area contributed by atoms with Gasteiger partial charge in [0.2, 0.25) is 0 Å². The smallest absolute Gasteiger partial charge is 0.145 e. The Kier molecular flexibility index (Phi) is 8.83. The standard InChI is InChI=1S/C21H26O5/c1-17(25-14-19-8-10-20(23-2)11-9-19)21(16-24-13-12-22)26-15-18-6-4-3-5-7-18/h3-12,17,21H,13-16H2,1-2H3/t17?,21-/m1/s1. The normalized spacial score (nSPS) is 13.2. The van der Waals surface area contributed by atoms with Gasteiger partial charge in [-0.3, -0.25) is 0 Å². The van der Waals surface area contributed by atoms with Crippen LogP contribution < -0.4 is 4.74 Å². The fraction of sp³-hybridized carbons (Fsp3) is 0.381. The summed E-state index contributed by atoms with van der Waals surface area (Å²) in [5.41, 5.74) is 2.13. The fourth-order valence-electron chi connectivity index (χ4n) is 2.39. The van der Waals surface area contributed by atoms with Crippen molar-refractivity contribution in [3.05, 3.63) is 65.7 Å². The van der Waals surface area contributed by atoms with E-state index >= 15 is 0 Å². The lowest BCUT2D eigenvalue weighted by molar-refractivity contribution is -0.122. The summed E-state index contributed by atoms with van der Waals surface area (Å²) in [5, 5.41) is 0. The Morgan fingerprint density at radius 1 is 0.923 bits per heavy atom. The minimum Gasteiger partial charge on any atom is -0.497 e. The van der Waals surface area contributed by atoms with Crippen molar-refractivity contribution in [1.29, 1.82) is 0 Å². The first-order valence-corrected chi connectivity index (χ1v) is 8.64. The first-order valence-electron chi connectivity index (χ1n) is 8.64. The minimum absolute atomic E-state index is 0.0520. The molecule has 0 fully saturated rings. The highest BCUT2D eigenvalue weighted by Crippen LogP contribution is 2.15. The molecule has 0 spiro atoms. The minimum atomic E-state index is -0.270. The summed E-state index contributed by atoms with van der Waals surface area (Å²) in [5.74, 6) is 0.813. The van der Waals surface area contributed by atoms with Gasteiger partial charge >= 0.3 is 0 Å². The first kappa shape index (κ1) is 20.1. The number of hydrogen-bond donors (Lipinski definition) is 0. The van der Waals surface area contributed by atoms with Crippen LogP contribution in [0.2, 0.25) is 0 Å². The highest BCUT2D eigenvalue weighted by atomic mass is 16.6. The van der Waals surface area contributed by atoms with Crippen molar-refractivity contribution >= 4 is 6.29 Å².